The highest BCUT2D eigenvalue weighted by Gasteiger charge is 2.15. The molecule has 1 aromatic rings. The standard InChI is InChI=1S/C8H9BO4/c10-4-6-1-2-7(5-11)8(3-6)9(12)13/h1-3,5,10,12-13H,4H2. The molecule has 13 heavy (non-hydrogen) atoms. The highest BCUT2D eigenvalue weighted by molar-refractivity contribution is 6.60. The number of benzene rings is 1. The first kappa shape index (κ1) is 9.92. The van der Waals surface area contributed by atoms with E-state index in [-0.39, 0.29) is 17.6 Å². The lowest BCUT2D eigenvalue weighted by molar-refractivity contribution is 0.112. The number of aliphatic hydroxyl groups is 1. The molecule has 0 amide bonds. The molecule has 4 nitrogen and oxygen atoms in total. The van der Waals surface area contributed by atoms with Crippen molar-refractivity contribution in [2.75, 3.05) is 0 Å². The number of hydrogen-bond donors (Lipinski definition) is 3. The smallest absolute Gasteiger partial charge is 0.423 e. The molecule has 0 aromatic heterocycles. The number of aldehydes is 1. The summed E-state index contributed by atoms with van der Waals surface area (Å²) >= 11 is 0. The first-order valence-corrected chi connectivity index (χ1v) is 3.74. The molecule has 0 aliphatic heterocycles. The van der Waals surface area contributed by atoms with Crippen molar-refractivity contribution in [3.8, 4) is 0 Å². The summed E-state index contributed by atoms with van der Waals surface area (Å²) in [6, 6.07) is 4.37. The average Bonchev–Trinajstić information content (AvgIpc) is 2.16. The van der Waals surface area contributed by atoms with E-state index >= 15 is 0 Å². The van der Waals surface area contributed by atoms with Gasteiger partial charge in [-0.1, -0.05) is 18.2 Å². The molecule has 5 heteroatoms. The summed E-state index contributed by atoms with van der Waals surface area (Å²) in [6.07, 6.45) is 0.538. The van der Waals surface area contributed by atoms with Crippen LogP contribution in [0.15, 0.2) is 18.2 Å². The predicted molar refractivity (Wildman–Crippen MR) is 47.6 cm³/mol. The van der Waals surface area contributed by atoms with Crippen molar-refractivity contribution in [1.82, 2.24) is 0 Å². The Labute approximate surface area is 75.6 Å². The lowest BCUT2D eigenvalue weighted by Crippen LogP contribution is -2.33. The second kappa shape index (κ2) is 4.18. The predicted octanol–water partition coefficient (Wildman–Crippen LogP) is -1.33. The lowest BCUT2D eigenvalue weighted by Gasteiger charge is -2.04. The summed E-state index contributed by atoms with van der Waals surface area (Å²) in [5, 5.41) is 26.5. The van der Waals surface area contributed by atoms with Crippen molar-refractivity contribution < 1.29 is 19.9 Å². The van der Waals surface area contributed by atoms with E-state index in [0.29, 0.717) is 11.8 Å². The molecule has 68 valence electrons. The Balaban J connectivity index is 3.17. The van der Waals surface area contributed by atoms with Crippen molar-refractivity contribution in [2.45, 2.75) is 6.61 Å². The molecule has 0 saturated carbocycles. The van der Waals surface area contributed by atoms with Crippen LogP contribution in [0.25, 0.3) is 0 Å². The molecule has 0 bridgehead atoms. The van der Waals surface area contributed by atoms with Gasteiger partial charge in [-0.25, -0.2) is 0 Å². The van der Waals surface area contributed by atoms with Crippen molar-refractivity contribution >= 4 is 18.9 Å². The summed E-state index contributed by atoms with van der Waals surface area (Å²) in [4.78, 5) is 10.4. The normalized spacial score (nSPS) is 9.77. The summed E-state index contributed by atoms with van der Waals surface area (Å²) in [5.41, 5.74) is 0.863. The molecule has 0 unspecified atom stereocenters. The molecular weight excluding hydrogens is 171 g/mol. The fourth-order valence-corrected chi connectivity index (χ4v) is 1.05. The molecule has 0 atom stereocenters. The minimum atomic E-state index is -1.69. The number of aliphatic hydroxyl groups excluding tert-OH is 1. The molecule has 0 aliphatic rings. The maximum Gasteiger partial charge on any atom is 0.489 e. The molecule has 0 fully saturated rings. The van der Waals surface area contributed by atoms with Crippen LogP contribution in [0.5, 0.6) is 0 Å². The van der Waals surface area contributed by atoms with Crippen LogP contribution in [0.2, 0.25) is 0 Å². The summed E-state index contributed by atoms with van der Waals surface area (Å²) in [7, 11) is -1.69. The van der Waals surface area contributed by atoms with Gasteiger partial charge in [-0.05, 0) is 11.0 Å². The largest absolute Gasteiger partial charge is 0.489 e. The highest BCUT2D eigenvalue weighted by Crippen LogP contribution is 2.00. The lowest BCUT2D eigenvalue weighted by atomic mass is 9.76. The fraction of sp³-hybridized carbons (Fsp3) is 0.125. The van der Waals surface area contributed by atoms with Crippen molar-refractivity contribution in [1.29, 1.82) is 0 Å². The molecule has 0 radical (unpaired) electrons. The topological polar surface area (TPSA) is 77.8 Å². The number of rotatable bonds is 3. The Morgan fingerprint density at radius 3 is 2.54 bits per heavy atom. The molecular formula is C8H9BO4. The van der Waals surface area contributed by atoms with Crippen molar-refractivity contribution in [3.05, 3.63) is 29.3 Å². The monoisotopic (exact) mass is 180 g/mol. The minimum Gasteiger partial charge on any atom is -0.423 e. The van der Waals surface area contributed by atoms with E-state index in [0.717, 1.165) is 0 Å². The van der Waals surface area contributed by atoms with Crippen LogP contribution in [-0.4, -0.2) is 28.6 Å². The molecule has 0 heterocycles. The van der Waals surface area contributed by atoms with Crippen LogP contribution in [0.1, 0.15) is 15.9 Å². The number of carbonyl (C=O) groups is 1. The Bertz CT molecular complexity index is 311. The van der Waals surface area contributed by atoms with Gasteiger partial charge in [0.2, 0.25) is 0 Å². The van der Waals surface area contributed by atoms with Gasteiger partial charge in [-0.15, -0.1) is 0 Å². The summed E-state index contributed by atoms with van der Waals surface area (Å²) in [6.45, 7) is -0.196. The van der Waals surface area contributed by atoms with E-state index in [1.807, 2.05) is 0 Å². The highest BCUT2D eigenvalue weighted by atomic mass is 16.4. The van der Waals surface area contributed by atoms with Gasteiger partial charge in [-0.3, -0.25) is 4.79 Å². The van der Waals surface area contributed by atoms with E-state index in [2.05, 4.69) is 0 Å². The zero-order chi connectivity index (χ0) is 9.84. The zero-order valence-electron chi connectivity index (χ0n) is 6.84. The molecule has 1 aromatic carbocycles. The van der Waals surface area contributed by atoms with Crippen LogP contribution in [0.3, 0.4) is 0 Å². The van der Waals surface area contributed by atoms with E-state index in [1.54, 1.807) is 6.07 Å². The molecule has 1 rings (SSSR count). The average molecular weight is 180 g/mol. The molecule has 0 aliphatic carbocycles. The third-order valence-corrected chi connectivity index (χ3v) is 1.74. The third-order valence-electron chi connectivity index (χ3n) is 1.74. The Morgan fingerprint density at radius 2 is 2.08 bits per heavy atom. The summed E-state index contributed by atoms with van der Waals surface area (Å²) in [5.74, 6) is 0. The first-order chi connectivity index (χ1) is 6.19. The van der Waals surface area contributed by atoms with Gasteiger partial charge in [-0.2, -0.15) is 0 Å². The first-order valence-electron chi connectivity index (χ1n) is 3.74. The van der Waals surface area contributed by atoms with Gasteiger partial charge >= 0.3 is 7.12 Å². The van der Waals surface area contributed by atoms with Gasteiger partial charge in [0.05, 0.1) is 6.61 Å². The van der Waals surface area contributed by atoms with Crippen LogP contribution in [0, 0.1) is 0 Å². The molecule has 3 N–H and O–H groups in total. The maximum atomic E-state index is 10.4. The van der Waals surface area contributed by atoms with Gasteiger partial charge in [0.1, 0.15) is 6.29 Å². The maximum absolute atomic E-state index is 10.4. The van der Waals surface area contributed by atoms with E-state index in [4.69, 9.17) is 15.2 Å². The Morgan fingerprint density at radius 1 is 1.38 bits per heavy atom. The SMILES string of the molecule is O=Cc1ccc(CO)cc1B(O)O. The van der Waals surface area contributed by atoms with E-state index in [9.17, 15) is 4.79 Å². The van der Waals surface area contributed by atoms with Crippen LogP contribution in [0.4, 0.5) is 0 Å². The van der Waals surface area contributed by atoms with Gasteiger partial charge < -0.3 is 15.2 Å². The third kappa shape index (κ3) is 2.15. The fourth-order valence-electron chi connectivity index (χ4n) is 1.05. The van der Waals surface area contributed by atoms with Crippen LogP contribution >= 0.6 is 0 Å². The van der Waals surface area contributed by atoms with E-state index < -0.39 is 7.12 Å². The van der Waals surface area contributed by atoms with Crippen molar-refractivity contribution in [2.24, 2.45) is 0 Å². The van der Waals surface area contributed by atoms with Crippen molar-refractivity contribution in [3.63, 3.8) is 0 Å². The number of hydrogen-bond acceptors (Lipinski definition) is 4. The Kier molecular flexibility index (Phi) is 3.19. The van der Waals surface area contributed by atoms with E-state index in [1.165, 1.54) is 12.1 Å². The van der Waals surface area contributed by atoms with Crippen LogP contribution < -0.4 is 5.46 Å². The van der Waals surface area contributed by atoms with Gasteiger partial charge in [0.25, 0.3) is 0 Å². The molecule has 0 spiro atoms. The zero-order valence-corrected chi connectivity index (χ0v) is 6.84. The van der Waals surface area contributed by atoms with Crippen LogP contribution in [-0.2, 0) is 6.61 Å². The Hall–Kier alpha value is -1.17. The summed E-state index contributed by atoms with van der Waals surface area (Å²) < 4.78 is 0. The minimum absolute atomic E-state index is 0.113. The molecule has 0 saturated heterocycles. The van der Waals surface area contributed by atoms with Gasteiger partial charge in [0.15, 0.2) is 0 Å². The second-order valence-corrected chi connectivity index (χ2v) is 2.61. The second-order valence-electron chi connectivity index (χ2n) is 2.61. The quantitative estimate of drug-likeness (QED) is 0.397. The van der Waals surface area contributed by atoms with Gasteiger partial charge in [0, 0.05) is 5.56 Å². The number of carbonyl (C=O) groups excluding carboxylic acids is 1.